The molecule has 0 aromatic heterocycles. The smallest absolute Gasteiger partial charge is 0.251 e. The van der Waals surface area contributed by atoms with Crippen molar-refractivity contribution >= 4 is 0 Å². The van der Waals surface area contributed by atoms with Crippen molar-refractivity contribution in [3.63, 3.8) is 0 Å². The first-order chi connectivity index (χ1) is 11.0. The molecule has 0 saturated heterocycles. The zero-order valence-corrected chi connectivity index (χ0v) is 13.3. The minimum absolute atomic E-state index is 0.310. The second-order valence-electron chi connectivity index (χ2n) is 6.61. The van der Waals surface area contributed by atoms with Gasteiger partial charge in [-0.25, -0.2) is 0 Å². The lowest BCUT2D eigenvalue weighted by Crippen LogP contribution is -2.47. The lowest BCUT2D eigenvalue weighted by molar-refractivity contribution is -0.139. The zero-order valence-electron chi connectivity index (χ0n) is 13.3. The standard InChI is InChI=1S/C19H20O4/c1-11-7-17-13(9-15(11)20)3-5-19(22-17)6-4-14-10-16(21)12(2)8-18(14)23-19/h7-10,20-21H,3-6H2,1-2H3. The Labute approximate surface area is 135 Å². The maximum Gasteiger partial charge on any atom is 0.251 e. The predicted octanol–water partition coefficient (Wildman–Crippen LogP) is 3.76. The minimum Gasteiger partial charge on any atom is -0.508 e. The summed E-state index contributed by atoms with van der Waals surface area (Å²) in [5.41, 5.74) is 3.65. The fraction of sp³-hybridized carbons (Fsp3) is 0.368. The van der Waals surface area contributed by atoms with E-state index >= 15 is 0 Å². The van der Waals surface area contributed by atoms with Gasteiger partial charge in [0.05, 0.1) is 0 Å². The van der Waals surface area contributed by atoms with Crippen LogP contribution in [0.5, 0.6) is 23.0 Å². The molecule has 0 aliphatic carbocycles. The Morgan fingerprint density at radius 3 is 1.65 bits per heavy atom. The van der Waals surface area contributed by atoms with Gasteiger partial charge < -0.3 is 19.7 Å². The summed E-state index contributed by atoms with van der Waals surface area (Å²) < 4.78 is 12.5. The summed E-state index contributed by atoms with van der Waals surface area (Å²) in [6.07, 6.45) is 3.13. The maximum absolute atomic E-state index is 9.85. The van der Waals surface area contributed by atoms with E-state index in [1.54, 1.807) is 12.1 Å². The molecule has 2 aromatic carbocycles. The monoisotopic (exact) mass is 312 g/mol. The first-order valence-electron chi connectivity index (χ1n) is 7.99. The molecule has 4 heteroatoms. The molecule has 2 aromatic rings. The van der Waals surface area contributed by atoms with Gasteiger partial charge in [0.2, 0.25) is 0 Å². The van der Waals surface area contributed by atoms with Gasteiger partial charge in [0, 0.05) is 12.8 Å². The third-order valence-electron chi connectivity index (χ3n) is 4.90. The molecule has 2 N–H and O–H groups in total. The van der Waals surface area contributed by atoms with Crippen LogP contribution in [0.1, 0.15) is 35.1 Å². The van der Waals surface area contributed by atoms with Gasteiger partial charge in [-0.2, -0.15) is 0 Å². The van der Waals surface area contributed by atoms with Gasteiger partial charge in [-0.05, 0) is 73.2 Å². The lowest BCUT2D eigenvalue weighted by Gasteiger charge is -2.42. The van der Waals surface area contributed by atoms with Crippen LogP contribution in [0.15, 0.2) is 24.3 Å². The van der Waals surface area contributed by atoms with Gasteiger partial charge in [-0.3, -0.25) is 0 Å². The molecule has 2 aliphatic rings. The number of phenols is 2. The first kappa shape index (κ1) is 14.2. The summed E-state index contributed by atoms with van der Waals surface area (Å²) in [5.74, 6) is 1.57. The molecule has 2 heterocycles. The molecule has 1 spiro atoms. The molecule has 0 amide bonds. The fourth-order valence-electron chi connectivity index (χ4n) is 3.41. The van der Waals surface area contributed by atoms with Crippen molar-refractivity contribution in [1.29, 1.82) is 0 Å². The van der Waals surface area contributed by atoms with Crippen molar-refractivity contribution in [3.05, 3.63) is 46.5 Å². The quantitative estimate of drug-likeness (QED) is 0.777. The zero-order chi connectivity index (χ0) is 16.2. The van der Waals surface area contributed by atoms with E-state index in [4.69, 9.17) is 9.47 Å². The minimum atomic E-state index is -0.646. The molecule has 0 atom stereocenters. The molecular weight excluding hydrogens is 292 g/mol. The topological polar surface area (TPSA) is 58.9 Å². The Balaban J connectivity index is 1.68. The largest absolute Gasteiger partial charge is 0.508 e. The molecule has 0 unspecified atom stereocenters. The van der Waals surface area contributed by atoms with E-state index in [1.807, 2.05) is 26.0 Å². The molecule has 4 rings (SSSR count). The summed E-state index contributed by atoms with van der Waals surface area (Å²) in [4.78, 5) is 0. The summed E-state index contributed by atoms with van der Waals surface area (Å²) in [6, 6.07) is 7.34. The van der Waals surface area contributed by atoms with Crippen LogP contribution in [0.3, 0.4) is 0 Å². The van der Waals surface area contributed by atoms with Crippen LogP contribution in [0.25, 0.3) is 0 Å². The van der Waals surface area contributed by atoms with Crippen molar-refractivity contribution in [2.45, 2.75) is 45.3 Å². The van der Waals surface area contributed by atoms with Crippen LogP contribution in [-0.4, -0.2) is 16.0 Å². The fourth-order valence-corrected chi connectivity index (χ4v) is 3.41. The van der Waals surface area contributed by atoms with Gasteiger partial charge in [0.25, 0.3) is 5.79 Å². The highest BCUT2D eigenvalue weighted by Gasteiger charge is 2.42. The Morgan fingerprint density at radius 2 is 1.22 bits per heavy atom. The summed E-state index contributed by atoms with van der Waals surface area (Å²) in [6.45, 7) is 3.73. The van der Waals surface area contributed by atoms with Crippen LogP contribution in [0.4, 0.5) is 0 Å². The average Bonchev–Trinajstić information content (AvgIpc) is 2.51. The van der Waals surface area contributed by atoms with Crippen LogP contribution >= 0.6 is 0 Å². The number of aryl methyl sites for hydroxylation is 4. The van der Waals surface area contributed by atoms with Crippen LogP contribution in [0.2, 0.25) is 0 Å². The van der Waals surface area contributed by atoms with E-state index in [0.717, 1.165) is 59.4 Å². The molecule has 0 saturated carbocycles. The van der Waals surface area contributed by atoms with E-state index in [1.165, 1.54) is 0 Å². The molecule has 120 valence electrons. The van der Waals surface area contributed by atoms with E-state index in [9.17, 15) is 10.2 Å². The Bertz CT molecular complexity index is 727. The van der Waals surface area contributed by atoms with Gasteiger partial charge in [0.1, 0.15) is 23.0 Å². The van der Waals surface area contributed by atoms with Crippen molar-refractivity contribution in [2.24, 2.45) is 0 Å². The Morgan fingerprint density at radius 1 is 0.783 bits per heavy atom. The van der Waals surface area contributed by atoms with E-state index in [2.05, 4.69) is 0 Å². The molecule has 2 aliphatic heterocycles. The molecule has 0 bridgehead atoms. The number of fused-ring (bicyclic) bond motifs is 2. The second-order valence-corrected chi connectivity index (χ2v) is 6.61. The highest BCUT2D eigenvalue weighted by atomic mass is 16.7. The summed E-state index contributed by atoms with van der Waals surface area (Å²) in [5, 5.41) is 19.7. The predicted molar refractivity (Wildman–Crippen MR) is 86.3 cm³/mol. The third-order valence-corrected chi connectivity index (χ3v) is 4.90. The van der Waals surface area contributed by atoms with Crippen LogP contribution in [0, 0.1) is 13.8 Å². The molecule has 23 heavy (non-hydrogen) atoms. The van der Waals surface area contributed by atoms with Gasteiger partial charge >= 0.3 is 0 Å². The maximum atomic E-state index is 9.85. The average molecular weight is 312 g/mol. The van der Waals surface area contributed by atoms with Crippen molar-refractivity contribution in [2.75, 3.05) is 0 Å². The van der Waals surface area contributed by atoms with Gasteiger partial charge in [0.15, 0.2) is 0 Å². The number of hydrogen-bond donors (Lipinski definition) is 2. The number of aromatic hydroxyl groups is 2. The Kier molecular flexibility index (Phi) is 2.98. The molecule has 4 nitrogen and oxygen atoms in total. The summed E-state index contributed by atoms with van der Waals surface area (Å²) >= 11 is 0. The first-order valence-corrected chi connectivity index (χ1v) is 7.99. The highest BCUT2D eigenvalue weighted by molar-refractivity contribution is 5.49. The van der Waals surface area contributed by atoms with E-state index in [-0.39, 0.29) is 0 Å². The molecule has 0 fully saturated rings. The Hall–Kier alpha value is -2.36. The van der Waals surface area contributed by atoms with Crippen molar-refractivity contribution in [3.8, 4) is 23.0 Å². The van der Waals surface area contributed by atoms with Crippen molar-refractivity contribution in [1.82, 2.24) is 0 Å². The number of phenolic OH excluding ortho intramolecular Hbond substituents is 2. The van der Waals surface area contributed by atoms with Gasteiger partial charge in [-0.15, -0.1) is 0 Å². The number of benzene rings is 2. The third kappa shape index (κ3) is 2.29. The second kappa shape index (κ2) is 4.82. The number of rotatable bonds is 0. The highest BCUT2D eigenvalue weighted by Crippen LogP contribution is 2.44. The molecule has 0 radical (unpaired) electrons. The van der Waals surface area contributed by atoms with Crippen molar-refractivity contribution < 1.29 is 19.7 Å². The van der Waals surface area contributed by atoms with Crippen LogP contribution in [-0.2, 0) is 12.8 Å². The van der Waals surface area contributed by atoms with Gasteiger partial charge in [-0.1, -0.05) is 0 Å². The van der Waals surface area contributed by atoms with E-state index in [0.29, 0.717) is 11.5 Å². The van der Waals surface area contributed by atoms with Crippen LogP contribution < -0.4 is 9.47 Å². The SMILES string of the molecule is Cc1cc2c(cc1O)CCC1(CCc3cc(O)c(C)cc3O1)O2. The molecular formula is C19H20O4. The van der Waals surface area contributed by atoms with E-state index < -0.39 is 5.79 Å². The normalized spacial score (nSPS) is 17.8. The number of hydrogen-bond acceptors (Lipinski definition) is 4. The summed E-state index contributed by atoms with van der Waals surface area (Å²) in [7, 11) is 0. The lowest BCUT2D eigenvalue weighted by atomic mass is 9.91. The number of ether oxygens (including phenoxy) is 2.